The maximum Gasteiger partial charge on any atom is 0.128 e. The number of nitrogens with zero attached hydrogens (tertiary/aromatic N) is 1. The molecule has 1 N–H and O–H groups in total. The lowest BCUT2D eigenvalue weighted by Crippen LogP contribution is -2.23. The SMILES string of the molecule is COc1cccc2c1c(C1COCCCN1)cn2C. The van der Waals surface area contributed by atoms with Gasteiger partial charge in [-0.05, 0) is 25.1 Å². The average molecular weight is 260 g/mol. The smallest absolute Gasteiger partial charge is 0.128 e. The Hall–Kier alpha value is -1.52. The minimum Gasteiger partial charge on any atom is -0.496 e. The van der Waals surface area contributed by atoms with Gasteiger partial charge in [0.15, 0.2) is 0 Å². The van der Waals surface area contributed by atoms with Gasteiger partial charge in [0.2, 0.25) is 0 Å². The van der Waals surface area contributed by atoms with E-state index < -0.39 is 0 Å². The van der Waals surface area contributed by atoms with Crippen molar-refractivity contribution >= 4 is 10.9 Å². The van der Waals surface area contributed by atoms with Crippen molar-refractivity contribution in [3.63, 3.8) is 0 Å². The molecular weight excluding hydrogens is 240 g/mol. The number of aryl methyl sites for hydroxylation is 1. The molecule has 1 aliphatic rings. The van der Waals surface area contributed by atoms with Crippen LogP contribution in [0.2, 0.25) is 0 Å². The molecule has 1 aliphatic heterocycles. The van der Waals surface area contributed by atoms with Crippen molar-refractivity contribution in [3.05, 3.63) is 30.0 Å². The summed E-state index contributed by atoms with van der Waals surface area (Å²) in [6.45, 7) is 2.55. The molecule has 4 nitrogen and oxygen atoms in total. The quantitative estimate of drug-likeness (QED) is 0.899. The summed E-state index contributed by atoms with van der Waals surface area (Å²) in [5.74, 6) is 0.930. The Morgan fingerprint density at radius 2 is 2.32 bits per heavy atom. The fourth-order valence-corrected chi connectivity index (χ4v) is 2.79. The summed E-state index contributed by atoms with van der Waals surface area (Å²) in [6, 6.07) is 6.41. The number of rotatable bonds is 2. The van der Waals surface area contributed by atoms with Crippen molar-refractivity contribution in [1.29, 1.82) is 0 Å². The van der Waals surface area contributed by atoms with E-state index in [-0.39, 0.29) is 6.04 Å². The van der Waals surface area contributed by atoms with E-state index in [0.29, 0.717) is 0 Å². The molecule has 4 heteroatoms. The highest BCUT2D eigenvalue weighted by atomic mass is 16.5. The van der Waals surface area contributed by atoms with E-state index in [0.717, 1.165) is 31.9 Å². The Kier molecular flexibility index (Phi) is 3.44. The van der Waals surface area contributed by atoms with E-state index in [1.165, 1.54) is 16.5 Å². The second kappa shape index (κ2) is 5.23. The fraction of sp³-hybridized carbons (Fsp3) is 0.467. The molecule has 1 atom stereocenters. The molecule has 102 valence electrons. The summed E-state index contributed by atoms with van der Waals surface area (Å²) in [7, 11) is 3.80. The Morgan fingerprint density at radius 1 is 1.42 bits per heavy atom. The highest BCUT2D eigenvalue weighted by molar-refractivity contribution is 5.90. The van der Waals surface area contributed by atoms with E-state index in [1.807, 2.05) is 12.1 Å². The Balaban J connectivity index is 2.11. The molecule has 1 fully saturated rings. The number of fused-ring (bicyclic) bond motifs is 1. The summed E-state index contributed by atoms with van der Waals surface area (Å²) in [6.07, 6.45) is 3.25. The molecule has 0 spiro atoms. The van der Waals surface area contributed by atoms with Crippen LogP contribution in [0.25, 0.3) is 10.9 Å². The van der Waals surface area contributed by atoms with Gasteiger partial charge in [0.25, 0.3) is 0 Å². The fourth-order valence-electron chi connectivity index (χ4n) is 2.79. The monoisotopic (exact) mass is 260 g/mol. The summed E-state index contributed by atoms with van der Waals surface area (Å²) >= 11 is 0. The molecular formula is C15H20N2O2. The predicted octanol–water partition coefficient (Wildman–Crippen LogP) is 2.24. The first-order valence-electron chi connectivity index (χ1n) is 6.74. The van der Waals surface area contributed by atoms with Gasteiger partial charge in [-0.15, -0.1) is 0 Å². The number of ether oxygens (including phenoxy) is 2. The molecule has 19 heavy (non-hydrogen) atoms. The first-order chi connectivity index (χ1) is 9.31. The van der Waals surface area contributed by atoms with Crippen molar-refractivity contribution < 1.29 is 9.47 Å². The van der Waals surface area contributed by atoms with E-state index in [1.54, 1.807) is 7.11 Å². The molecule has 3 rings (SSSR count). The molecule has 0 amide bonds. The van der Waals surface area contributed by atoms with Crippen molar-refractivity contribution in [1.82, 2.24) is 9.88 Å². The third kappa shape index (κ3) is 2.22. The lowest BCUT2D eigenvalue weighted by molar-refractivity contribution is 0.132. The molecule has 0 saturated carbocycles. The minimum absolute atomic E-state index is 0.238. The minimum atomic E-state index is 0.238. The Bertz CT molecular complexity index is 569. The van der Waals surface area contributed by atoms with Crippen LogP contribution in [0.1, 0.15) is 18.0 Å². The van der Waals surface area contributed by atoms with Crippen LogP contribution >= 0.6 is 0 Å². The van der Waals surface area contributed by atoms with E-state index in [2.05, 4.69) is 29.2 Å². The Labute approximate surface area is 113 Å². The molecule has 1 aromatic heterocycles. The van der Waals surface area contributed by atoms with Crippen LogP contribution in [0.3, 0.4) is 0 Å². The van der Waals surface area contributed by atoms with Crippen LogP contribution in [0.15, 0.2) is 24.4 Å². The van der Waals surface area contributed by atoms with Gasteiger partial charge in [-0.25, -0.2) is 0 Å². The second-order valence-corrected chi connectivity index (χ2v) is 4.98. The van der Waals surface area contributed by atoms with Crippen molar-refractivity contribution in [2.75, 3.05) is 26.9 Å². The van der Waals surface area contributed by atoms with Crippen molar-refractivity contribution in [3.8, 4) is 5.75 Å². The number of methoxy groups -OCH3 is 1. The third-order valence-corrected chi connectivity index (χ3v) is 3.74. The zero-order chi connectivity index (χ0) is 13.2. The summed E-state index contributed by atoms with van der Waals surface area (Å²) in [5.41, 5.74) is 2.46. The molecule has 1 unspecified atom stereocenters. The first kappa shape index (κ1) is 12.5. The van der Waals surface area contributed by atoms with Gasteiger partial charge in [-0.3, -0.25) is 0 Å². The highest BCUT2D eigenvalue weighted by Gasteiger charge is 2.21. The number of benzene rings is 1. The Morgan fingerprint density at radius 3 is 3.16 bits per heavy atom. The van der Waals surface area contributed by atoms with Gasteiger partial charge in [0.05, 0.1) is 25.3 Å². The second-order valence-electron chi connectivity index (χ2n) is 4.98. The first-order valence-corrected chi connectivity index (χ1v) is 6.74. The topological polar surface area (TPSA) is 35.4 Å². The molecule has 2 aromatic rings. The normalized spacial score (nSPS) is 20.4. The zero-order valence-electron chi connectivity index (χ0n) is 11.5. The molecule has 2 heterocycles. The maximum absolute atomic E-state index is 5.68. The zero-order valence-corrected chi connectivity index (χ0v) is 11.5. The lowest BCUT2D eigenvalue weighted by Gasteiger charge is -2.15. The van der Waals surface area contributed by atoms with E-state index in [9.17, 15) is 0 Å². The summed E-state index contributed by atoms with van der Waals surface area (Å²) in [4.78, 5) is 0. The molecule has 1 saturated heterocycles. The maximum atomic E-state index is 5.68. The number of hydrogen-bond acceptors (Lipinski definition) is 3. The van der Waals surface area contributed by atoms with E-state index >= 15 is 0 Å². The van der Waals surface area contributed by atoms with Crippen LogP contribution in [0.4, 0.5) is 0 Å². The van der Waals surface area contributed by atoms with Gasteiger partial charge in [0, 0.05) is 30.8 Å². The van der Waals surface area contributed by atoms with Crippen molar-refractivity contribution in [2.45, 2.75) is 12.5 Å². The van der Waals surface area contributed by atoms with Crippen LogP contribution < -0.4 is 10.1 Å². The van der Waals surface area contributed by atoms with E-state index in [4.69, 9.17) is 9.47 Å². The molecule has 1 aromatic carbocycles. The average Bonchev–Trinajstić information content (AvgIpc) is 2.65. The number of nitrogens with one attached hydrogen (secondary N) is 1. The molecule has 0 radical (unpaired) electrons. The van der Waals surface area contributed by atoms with Crippen LogP contribution in [-0.2, 0) is 11.8 Å². The lowest BCUT2D eigenvalue weighted by atomic mass is 10.1. The largest absolute Gasteiger partial charge is 0.496 e. The van der Waals surface area contributed by atoms with Crippen molar-refractivity contribution in [2.24, 2.45) is 7.05 Å². The predicted molar refractivity (Wildman–Crippen MR) is 75.7 cm³/mol. The summed E-state index contributed by atoms with van der Waals surface area (Å²) in [5, 5.41) is 4.75. The van der Waals surface area contributed by atoms with Crippen LogP contribution in [0, 0.1) is 0 Å². The standard InChI is InChI=1S/C15H20N2O2/c1-17-9-11(12-10-19-8-4-7-16-12)15-13(17)5-3-6-14(15)18-2/h3,5-6,9,12,16H,4,7-8,10H2,1-2H3. The van der Waals surface area contributed by atoms with Gasteiger partial charge >= 0.3 is 0 Å². The van der Waals surface area contributed by atoms with Gasteiger partial charge in [0.1, 0.15) is 5.75 Å². The molecule has 0 aliphatic carbocycles. The number of hydrogen-bond donors (Lipinski definition) is 1. The van der Waals surface area contributed by atoms with Gasteiger partial charge < -0.3 is 19.4 Å². The van der Waals surface area contributed by atoms with Gasteiger partial charge in [-0.2, -0.15) is 0 Å². The highest BCUT2D eigenvalue weighted by Crippen LogP contribution is 2.34. The third-order valence-electron chi connectivity index (χ3n) is 3.74. The summed E-state index contributed by atoms with van der Waals surface area (Å²) < 4.78 is 13.4. The van der Waals surface area contributed by atoms with Crippen LogP contribution in [-0.4, -0.2) is 31.4 Å². The molecule has 0 bridgehead atoms. The van der Waals surface area contributed by atoms with Gasteiger partial charge in [-0.1, -0.05) is 6.07 Å². The number of aromatic nitrogens is 1. The van der Waals surface area contributed by atoms with Crippen LogP contribution in [0.5, 0.6) is 5.75 Å².